The zero-order valence-electron chi connectivity index (χ0n) is 14.4. The van der Waals surface area contributed by atoms with Crippen LogP contribution in [0.1, 0.15) is 26.5 Å². The van der Waals surface area contributed by atoms with Crippen LogP contribution in [-0.2, 0) is 4.79 Å². The van der Waals surface area contributed by atoms with Gasteiger partial charge in [-0.05, 0) is 19.1 Å². The molecule has 0 aliphatic heterocycles. The zero-order valence-corrected chi connectivity index (χ0v) is 16.0. The van der Waals surface area contributed by atoms with Crippen LogP contribution < -0.4 is 10.6 Å². The molecule has 0 unspecified atom stereocenters. The van der Waals surface area contributed by atoms with E-state index in [1.165, 1.54) is 35.7 Å². The number of nitrogens with zero attached hydrogens (tertiary/aromatic N) is 2. The van der Waals surface area contributed by atoms with Gasteiger partial charge in [-0.25, -0.2) is 14.4 Å². The number of halogens is 1. The summed E-state index contributed by atoms with van der Waals surface area (Å²) in [5, 5.41) is 8.65. The minimum Gasteiger partial charge on any atom is -0.329 e. The second-order valence-corrected chi connectivity index (χ2v) is 6.61. The normalized spacial score (nSPS) is 9.96. The Balaban J connectivity index is 0.00000109. The summed E-state index contributed by atoms with van der Waals surface area (Å²) >= 11 is 2.75. The highest BCUT2D eigenvalue weighted by Crippen LogP contribution is 2.35. The summed E-state index contributed by atoms with van der Waals surface area (Å²) in [5.41, 5.74) is 1.93. The van der Waals surface area contributed by atoms with Crippen molar-refractivity contribution < 1.29 is 9.18 Å². The first-order valence-electron chi connectivity index (χ1n) is 7.75. The molecule has 1 aromatic carbocycles. The van der Waals surface area contributed by atoms with Crippen LogP contribution in [0.2, 0.25) is 0 Å². The fourth-order valence-corrected chi connectivity index (χ4v) is 3.71. The Hall–Kier alpha value is -2.32. The number of rotatable bonds is 4. The van der Waals surface area contributed by atoms with Crippen LogP contribution in [0.15, 0.2) is 29.6 Å². The summed E-state index contributed by atoms with van der Waals surface area (Å²) in [6.45, 7) is 7.30. The quantitative estimate of drug-likeness (QED) is 0.634. The summed E-state index contributed by atoms with van der Waals surface area (Å²) in [5.74, 6) is -0.489. The first kappa shape index (κ1) is 19.0. The Morgan fingerprint density at radius 1 is 1.16 bits per heavy atom. The summed E-state index contributed by atoms with van der Waals surface area (Å²) < 4.78 is 13.7. The van der Waals surface area contributed by atoms with Gasteiger partial charge in [-0.3, -0.25) is 4.79 Å². The van der Waals surface area contributed by atoms with Crippen LogP contribution in [0.3, 0.4) is 0 Å². The monoisotopic (exact) mass is 378 g/mol. The molecule has 0 aliphatic carbocycles. The first-order valence-corrected chi connectivity index (χ1v) is 9.45. The highest BCUT2D eigenvalue weighted by Gasteiger charge is 2.14. The van der Waals surface area contributed by atoms with Crippen molar-refractivity contribution >= 4 is 44.5 Å². The van der Waals surface area contributed by atoms with Gasteiger partial charge in [-0.2, -0.15) is 0 Å². The maximum atomic E-state index is 13.7. The standard InChI is InChI=1S/C15H13FN4OS2.C2H6/c1-8-13(23-15(17-8)18-9(2)21)12-7-22-14(20-12)19-11-6-4-3-5-10(11)16;1-2/h3-7H,1-2H3,(H,19,20)(H,17,18,21);1-2H3. The first-order chi connectivity index (χ1) is 12.0. The second-order valence-electron chi connectivity index (χ2n) is 4.76. The van der Waals surface area contributed by atoms with Crippen molar-refractivity contribution in [3.8, 4) is 10.6 Å². The largest absolute Gasteiger partial charge is 0.329 e. The molecule has 0 bridgehead atoms. The van der Waals surface area contributed by atoms with E-state index < -0.39 is 0 Å². The van der Waals surface area contributed by atoms with Gasteiger partial charge in [0.1, 0.15) is 5.82 Å². The van der Waals surface area contributed by atoms with E-state index in [2.05, 4.69) is 20.6 Å². The average Bonchev–Trinajstić information content (AvgIpc) is 3.17. The lowest BCUT2D eigenvalue weighted by Crippen LogP contribution is -2.04. The van der Waals surface area contributed by atoms with Crippen molar-refractivity contribution in [1.82, 2.24) is 9.97 Å². The maximum Gasteiger partial charge on any atom is 0.223 e. The van der Waals surface area contributed by atoms with E-state index in [4.69, 9.17) is 0 Å². The fourth-order valence-electron chi connectivity index (χ4n) is 1.95. The van der Waals surface area contributed by atoms with Crippen LogP contribution in [0.4, 0.5) is 20.3 Å². The lowest BCUT2D eigenvalue weighted by Gasteiger charge is -2.02. The van der Waals surface area contributed by atoms with Gasteiger partial charge in [0.05, 0.1) is 22.0 Å². The number of para-hydroxylation sites is 1. The average molecular weight is 378 g/mol. The van der Waals surface area contributed by atoms with Crippen LogP contribution in [0, 0.1) is 12.7 Å². The van der Waals surface area contributed by atoms with E-state index in [1.807, 2.05) is 26.2 Å². The Morgan fingerprint density at radius 3 is 2.56 bits per heavy atom. The lowest BCUT2D eigenvalue weighted by atomic mass is 10.3. The predicted octanol–water partition coefficient (Wildman–Crippen LogP) is 5.44. The van der Waals surface area contributed by atoms with Crippen LogP contribution in [0.5, 0.6) is 0 Å². The number of nitrogens with one attached hydrogen (secondary N) is 2. The van der Waals surface area contributed by atoms with E-state index in [1.54, 1.807) is 18.2 Å². The second kappa shape index (κ2) is 8.68. The van der Waals surface area contributed by atoms with Gasteiger partial charge in [0.2, 0.25) is 5.91 Å². The third-order valence-corrected chi connectivity index (χ3v) is 4.78. The van der Waals surface area contributed by atoms with Crippen LogP contribution in [-0.4, -0.2) is 15.9 Å². The minimum absolute atomic E-state index is 0.162. The topological polar surface area (TPSA) is 66.9 Å². The molecule has 0 saturated carbocycles. The Bertz CT molecular complexity index is 860. The molecule has 0 atom stereocenters. The number of hydrogen-bond donors (Lipinski definition) is 2. The molecule has 3 aromatic rings. The molecule has 0 radical (unpaired) electrons. The Morgan fingerprint density at radius 2 is 1.88 bits per heavy atom. The molecule has 132 valence electrons. The molecule has 2 N–H and O–H groups in total. The number of carbonyl (C=O) groups is 1. The van der Waals surface area contributed by atoms with E-state index in [0.717, 1.165) is 16.3 Å². The van der Waals surface area contributed by atoms with E-state index >= 15 is 0 Å². The molecule has 2 aromatic heterocycles. The van der Waals surface area contributed by atoms with Gasteiger partial charge >= 0.3 is 0 Å². The van der Waals surface area contributed by atoms with Crippen LogP contribution in [0.25, 0.3) is 10.6 Å². The summed E-state index contributed by atoms with van der Waals surface area (Å²) in [6, 6.07) is 6.44. The number of aryl methyl sites for hydroxylation is 1. The molecule has 0 saturated heterocycles. The maximum absolute atomic E-state index is 13.7. The third kappa shape index (κ3) is 4.83. The molecule has 25 heavy (non-hydrogen) atoms. The SMILES string of the molecule is CC.CC(=O)Nc1nc(C)c(-c2csc(Nc3ccccc3F)n2)s1. The van der Waals surface area contributed by atoms with Gasteiger partial charge in [0.15, 0.2) is 10.3 Å². The van der Waals surface area contributed by atoms with E-state index in [0.29, 0.717) is 16.0 Å². The zero-order chi connectivity index (χ0) is 18.4. The molecule has 5 nitrogen and oxygen atoms in total. The molecule has 8 heteroatoms. The molecule has 0 spiro atoms. The fraction of sp³-hybridized carbons (Fsp3) is 0.235. The molecule has 0 fully saturated rings. The number of anilines is 3. The smallest absolute Gasteiger partial charge is 0.223 e. The van der Waals surface area contributed by atoms with Crippen molar-refractivity contribution in [3.63, 3.8) is 0 Å². The van der Waals surface area contributed by atoms with Crippen LogP contribution >= 0.6 is 22.7 Å². The number of carbonyl (C=O) groups excluding carboxylic acids is 1. The molecule has 3 rings (SSSR count). The molecule has 2 heterocycles. The van der Waals surface area contributed by atoms with Crippen molar-refractivity contribution in [1.29, 1.82) is 0 Å². The number of thiazole rings is 2. The number of hydrogen-bond acceptors (Lipinski definition) is 6. The van der Waals surface area contributed by atoms with Crippen molar-refractivity contribution in [2.45, 2.75) is 27.7 Å². The molecule has 0 aliphatic rings. The highest BCUT2D eigenvalue weighted by atomic mass is 32.1. The number of aromatic nitrogens is 2. The Kier molecular flexibility index (Phi) is 6.60. The number of amides is 1. The van der Waals surface area contributed by atoms with Crippen molar-refractivity contribution in [2.75, 3.05) is 10.6 Å². The van der Waals surface area contributed by atoms with Gasteiger partial charge in [0.25, 0.3) is 0 Å². The summed E-state index contributed by atoms with van der Waals surface area (Å²) in [4.78, 5) is 20.8. The highest BCUT2D eigenvalue weighted by molar-refractivity contribution is 7.20. The summed E-state index contributed by atoms with van der Waals surface area (Å²) in [7, 11) is 0. The summed E-state index contributed by atoms with van der Waals surface area (Å²) in [6.07, 6.45) is 0. The van der Waals surface area contributed by atoms with Gasteiger partial charge < -0.3 is 10.6 Å². The molecule has 1 amide bonds. The third-order valence-electron chi connectivity index (χ3n) is 2.93. The molecular formula is C17H19FN4OS2. The van der Waals surface area contributed by atoms with E-state index in [-0.39, 0.29) is 11.7 Å². The van der Waals surface area contributed by atoms with Gasteiger partial charge in [0, 0.05) is 12.3 Å². The van der Waals surface area contributed by atoms with Crippen molar-refractivity contribution in [3.05, 3.63) is 41.2 Å². The number of benzene rings is 1. The minimum atomic E-state index is -0.328. The Labute approximate surface area is 154 Å². The van der Waals surface area contributed by atoms with E-state index in [9.17, 15) is 9.18 Å². The van der Waals surface area contributed by atoms with Gasteiger partial charge in [-0.1, -0.05) is 37.3 Å². The lowest BCUT2D eigenvalue weighted by molar-refractivity contribution is -0.114. The van der Waals surface area contributed by atoms with Crippen molar-refractivity contribution in [2.24, 2.45) is 0 Å². The van der Waals surface area contributed by atoms with Gasteiger partial charge in [-0.15, -0.1) is 11.3 Å². The predicted molar refractivity (Wildman–Crippen MR) is 103 cm³/mol. The molecular weight excluding hydrogens is 359 g/mol.